The van der Waals surface area contributed by atoms with Gasteiger partial charge in [0.15, 0.2) is 34.9 Å². The molecule has 5 nitrogen and oxygen atoms in total. The van der Waals surface area contributed by atoms with Crippen LogP contribution in [0.15, 0.2) is 91.1 Å². The monoisotopic (exact) mass is 633 g/mol. The molecule has 0 aliphatic carbocycles. The molecular formula is C33H32INO4. The second-order valence-corrected chi connectivity index (χ2v) is 9.13. The minimum absolute atomic E-state index is 0. The van der Waals surface area contributed by atoms with Crippen LogP contribution in [0.5, 0.6) is 23.0 Å². The van der Waals surface area contributed by atoms with Crippen molar-refractivity contribution >= 4 is 10.8 Å². The first-order valence-electron chi connectivity index (χ1n) is 12.5. The number of ether oxygens (including phenoxy) is 4. The van der Waals surface area contributed by atoms with Gasteiger partial charge in [-0.3, -0.25) is 0 Å². The second-order valence-electron chi connectivity index (χ2n) is 9.13. The largest absolute Gasteiger partial charge is 1.00 e. The van der Waals surface area contributed by atoms with Gasteiger partial charge in [-0.15, -0.1) is 0 Å². The van der Waals surface area contributed by atoms with Crippen molar-refractivity contribution in [3.8, 4) is 45.3 Å². The topological polar surface area (TPSA) is 40.8 Å². The average Bonchev–Trinajstić information content (AvgIpc) is 2.98. The number of hydrogen-bond acceptors (Lipinski definition) is 4. The van der Waals surface area contributed by atoms with Crippen LogP contribution in [-0.4, -0.2) is 28.4 Å². The zero-order valence-corrected chi connectivity index (χ0v) is 25.0. The maximum Gasteiger partial charge on any atom is 0.193 e. The molecule has 0 spiro atoms. The molecule has 0 saturated carbocycles. The van der Waals surface area contributed by atoms with Crippen molar-refractivity contribution < 1.29 is 47.5 Å². The molecule has 0 aliphatic rings. The van der Waals surface area contributed by atoms with E-state index < -0.39 is 0 Å². The van der Waals surface area contributed by atoms with Crippen molar-refractivity contribution in [2.75, 3.05) is 28.4 Å². The van der Waals surface area contributed by atoms with Crippen molar-refractivity contribution in [2.24, 2.45) is 7.05 Å². The first kappa shape index (κ1) is 28.2. The van der Waals surface area contributed by atoms with Gasteiger partial charge in [0.2, 0.25) is 0 Å². The Balaban J connectivity index is 0.00000353. The summed E-state index contributed by atoms with van der Waals surface area (Å²) in [5, 5.41) is 2.10. The summed E-state index contributed by atoms with van der Waals surface area (Å²) >= 11 is 0. The highest BCUT2D eigenvalue weighted by Gasteiger charge is 2.23. The van der Waals surface area contributed by atoms with E-state index >= 15 is 0 Å². The Morgan fingerprint density at radius 3 is 1.87 bits per heavy atom. The van der Waals surface area contributed by atoms with Crippen LogP contribution in [0.2, 0.25) is 0 Å². The Kier molecular flexibility index (Phi) is 8.97. The SMILES string of the molecule is COc1ccc(Cc2c3cc(-c4ccc(-c5ccccc5)cc4)c(OC)c(OC)c3cc[n+]2C)cc1OC.[I-]. The number of methoxy groups -OCH3 is 4. The highest BCUT2D eigenvalue weighted by atomic mass is 127. The molecule has 0 bridgehead atoms. The Morgan fingerprint density at radius 2 is 1.23 bits per heavy atom. The first-order valence-corrected chi connectivity index (χ1v) is 12.5. The highest BCUT2D eigenvalue weighted by molar-refractivity contribution is 5.98. The molecule has 0 aliphatic heterocycles. The van der Waals surface area contributed by atoms with Gasteiger partial charge in [0, 0.05) is 17.0 Å². The van der Waals surface area contributed by atoms with E-state index in [0.29, 0.717) is 17.9 Å². The zero-order chi connectivity index (χ0) is 26.6. The summed E-state index contributed by atoms with van der Waals surface area (Å²) in [6, 6.07) is 29.3. The van der Waals surface area contributed by atoms with E-state index in [4.69, 9.17) is 18.9 Å². The molecule has 0 amide bonds. The normalized spacial score (nSPS) is 10.6. The number of aromatic nitrogens is 1. The number of nitrogens with zero attached hydrogens (tertiary/aromatic N) is 1. The van der Waals surface area contributed by atoms with E-state index in [-0.39, 0.29) is 24.0 Å². The molecule has 0 saturated heterocycles. The average molecular weight is 634 g/mol. The molecule has 6 heteroatoms. The van der Waals surface area contributed by atoms with E-state index in [1.807, 2.05) is 18.2 Å². The van der Waals surface area contributed by atoms with Crippen molar-refractivity contribution in [3.05, 3.63) is 102 Å². The molecule has 5 rings (SSSR count). The van der Waals surface area contributed by atoms with Crippen LogP contribution >= 0.6 is 0 Å². The van der Waals surface area contributed by atoms with Crippen LogP contribution < -0.4 is 47.5 Å². The summed E-state index contributed by atoms with van der Waals surface area (Å²) < 4.78 is 25.0. The molecule has 39 heavy (non-hydrogen) atoms. The lowest BCUT2D eigenvalue weighted by molar-refractivity contribution is -0.677. The van der Waals surface area contributed by atoms with Gasteiger partial charge in [-0.05, 0) is 40.5 Å². The first-order chi connectivity index (χ1) is 18.6. The van der Waals surface area contributed by atoms with Crippen molar-refractivity contribution in [3.63, 3.8) is 0 Å². The van der Waals surface area contributed by atoms with Gasteiger partial charge < -0.3 is 42.9 Å². The van der Waals surface area contributed by atoms with Gasteiger partial charge in [-0.2, -0.15) is 0 Å². The summed E-state index contributed by atoms with van der Waals surface area (Å²) in [5.41, 5.74) is 6.67. The molecule has 0 radical (unpaired) electrons. The predicted molar refractivity (Wildman–Crippen MR) is 151 cm³/mol. The van der Waals surface area contributed by atoms with Crippen LogP contribution in [-0.2, 0) is 13.5 Å². The minimum atomic E-state index is 0. The van der Waals surface area contributed by atoms with Gasteiger partial charge in [-0.1, -0.05) is 60.7 Å². The summed E-state index contributed by atoms with van der Waals surface area (Å²) in [7, 11) is 8.77. The molecule has 1 heterocycles. The molecule has 5 aromatic rings. The number of fused-ring (bicyclic) bond motifs is 1. The van der Waals surface area contributed by atoms with E-state index in [0.717, 1.165) is 44.7 Å². The summed E-state index contributed by atoms with van der Waals surface area (Å²) in [6.07, 6.45) is 2.77. The maximum absolute atomic E-state index is 5.95. The number of halogens is 1. The molecule has 0 unspecified atom stereocenters. The van der Waals surface area contributed by atoms with Gasteiger partial charge in [0.05, 0.1) is 40.2 Å². The standard InChI is InChI=1S/C33H32NO4.HI/c1-34-18-17-26-28(29(34)19-22-11-16-30(35-2)31(20-22)36-3)21-27(33(38-5)32(26)37-4)25-14-12-24(13-15-25)23-9-7-6-8-10-23;/h6-18,20-21H,19H2,1-5H3;1H/q+1;/p-1. The molecule has 0 atom stereocenters. The smallest absolute Gasteiger partial charge is 0.193 e. The van der Waals surface area contributed by atoms with Gasteiger partial charge in [0.1, 0.15) is 7.05 Å². The molecule has 1 aromatic heterocycles. The van der Waals surface area contributed by atoms with Crippen molar-refractivity contribution in [1.82, 2.24) is 0 Å². The lowest BCUT2D eigenvalue weighted by atomic mass is 9.95. The number of aryl methyl sites for hydroxylation is 1. The fourth-order valence-electron chi connectivity index (χ4n) is 5.02. The lowest BCUT2D eigenvalue weighted by Crippen LogP contribution is -3.00. The Labute approximate surface area is 247 Å². The van der Waals surface area contributed by atoms with Crippen LogP contribution in [0.4, 0.5) is 0 Å². The van der Waals surface area contributed by atoms with Crippen molar-refractivity contribution in [2.45, 2.75) is 6.42 Å². The fraction of sp³-hybridized carbons (Fsp3) is 0.182. The van der Waals surface area contributed by atoms with Crippen LogP contribution in [0.3, 0.4) is 0 Å². The van der Waals surface area contributed by atoms with E-state index in [9.17, 15) is 0 Å². The lowest BCUT2D eigenvalue weighted by Gasteiger charge is -2.17. The summed E-state index contributed by atoms with van der Waals surface area (Å²) in [5.74, 6) is 2.87. The van der Waals surface area contributed by atoms with Crippen molar-refractivity contribution in [1.29, 1.82) is 0 Å². The molecule has 0 fully saturated rings. The molecule has 4 aromatic carbocycles. The highest BCUT2D eigenvalue weighted by Crippen LogP contribution is 2.44. The number of hydrogen-bond donors (Lipinski definition) is 0. The van der Waals surface area contributed by atoms with E-state index in [1.165, 1.54) is 11.1 Å². The molecule has 0 N–H and O–H groups in total. The van der Waals surface area contributed by atoms with Crippen LogP contribution in [0, 0.1) is 0 Å². The Bertz CT molecular complexity index is 1580. The molecule has 200 valence electrons. The van der Waals surface area contributed by atoms with Gasteiger partial charge in [-0.25, -0.2) is 4.57 Å². The van der Waals surface area contributed by atoms with E-state index in [2.05, 4.69) is 84.5 Å². The van der Waals surface area contributed by atoms with Crippen LogP contribution in [0.25, 0.3) is 33.0 Å². The third-order valence-electron chi connectivity index (χ3n) is 7.01. The fourth-order valence-corrected chi connectivity index (χ4v) is 5.02. The Hall–Kier alpha value is -3.78. The number of rotatable bonds is 8. The van der Waals surface area contributed by atoms with E-state index in [1.54, 1.807) is 28.4 Å². The maximum atomic E-state index is 5.95. The predicted octanol–water partition coefficient (Wildman–Crippen LogP) is 3.63. The minimum Gasteiger partial charge on any atom is -1.00 e. The third kappa shape index (κ3) is 5.52. The van der Waals surface area contributed by atoms with Gasteiger partial charge >= 0.3 is 0 Å². The third-order valence-corrected chi connectivity index (χ3v) is 7.01. The summed E-state index contributed by atoms with van der Waals surface area (Å²) in [6.45, 7) is 0. The zero-order valence-electron chi connectivity index (χ0n) is 22.8. The second kappa shape index (κ2) is 12.4. The number of pyridine rings is 1. The quantitative estimate of drug-likeness (QED) is 0.194. The van der Waals surface area contributed by atoms with Gasteiger partial charge in [0.25, 0.3) is 0 Å². The van der Waals surface area contributed by atoms with Crippen LogP contribution in [0.1, 0.15) is 11.3 Å². The molecular weight excluding hydrogens is 601 g/mol. The Morgan fingerprint density at radius 1 is 0.590 bits per heavy atom. The summed E-state index contributed by atoms with van der Waals surface area (Å²) in [4.78, 5) is 0. The number of benzene rings is 4.